The molecule has 0 saturated carbocycles. The molecule has 1 aromatic rings. The van der Waals surface area contributed by atoms with Gasteiger partial charge in [-0.1, -0.05) is 22.9 Å². The number of rotatable bonds is 1. The average Bonchev–Trinajstić information content (AvgIpc) is 2.32. The molecule has 0 spiro atoms. The number of halogens is 3. The topological polar surface area (TPSA) is 46.3 Å². The Morgan fingerprint density at radius 2 is 2.21 bits per heavy atom. The molecule has 19 heavy (non-hydrogen) atoms. The number of hydrogen-bond acceptors (Lipinski definition) is 2. The van der Waals surface area contributed by atoms with Crippen LogP contribution in [0, 0.1) is 11.7 Å². The molecule has 2 atom stereocenters. The van der Waals surface area contributed by atoms with Crippen molar-refractivity contribution in [1.29, 1.82) is 0 Å². The van der Waals surface area contributed by atoms with Crippen molar-refractivity contribution in [3.05, 3.63) is 34.1 Å². The van der Waals surface area contributed by atoms with E-state index >= 15 is 0 Å². The Hall–Kier alpha value is -0.650. The van der Waals surface area contributed by atoms with E-state index < -0.39 is 5.82 Å². The van der Waals surface area contributed by atoms with E-state index in [0.29, 0.717) is 17.6 Å². The maximum atomic E-state index is 13.7. The van der Waals surface area contributed by atoms with E-state index in [1.165, 1.54) is 12.1 Å². The smallest absolute Gasteiger partial charge is 0.256 e. The van der Waals surface area contributed by atoms with E-state index in [4.69, 9.17) is 5.73 Å². The lowest BCUT2D eigenvalue weighted by atomic mass is 9.94. The minimum absolute atomic E-state index is 0. The van der Waals surface area contributed by atoms with Crippen molar-refractivity contribution in [3.63, 3.8) is 0 Å². The minimum Gasteiger partial charge on any atom is -0.338 e. The zero-order chi connectivity index (χ0) is 13.3. The summed E-state index contributed by atoms with van der Waals surface area (Å²) in [7, 11) is 0. The van der Waals surface area contributed by atoms with Crippen molar-refractivity contribution in [1.82, 2.24) is 4.90 Å². The molecule has 2 unspecified atom stereocenters. The summed E-state index contributed by atoms with van der Waals surface area (Å²) in [5.41, 5.74) is 6.04. The molecular formula is C13H17BrClFN2O. The van der Waals surface area contributed by atoms with Crippen LogP contribution in [0.15, 0.2) is 22.7 Å². The highest BCUT2D eigenvalue weighted by Crippen LogP contribution is 2.20. The zero-order valence-electron chi connectivity index (χ0n) is 10.6. The quantitative estimate of drug-likeness (QED) is 0.845. The Labute approximate surface area is 126 Å². The number of nitrogens with two attached hydrogens (primary N) is 1. The number of carbonyl (C=O) groups excluding carboxylic acids is 1. The molecule has 0 bridgehead atoms. The Morgan fingerprint density at radius 3 is 2.79 bits per heavy atom. The summed E-state index contributed by atoms with van der Waals surface area (Å²) >= 11 is 3.18. The second-order valence-corrected chi connectivity index (χ2v) is 5.72. The number of piperidine rings is 1. The zero-order valence-corrected chi connectivity index (χ0v) is 13.0. The fraction of sp³-hybridized carbons (Fsp3) is 0.462. The van der Waals surface area contributed by atoms with Gasteiger partial charge in [0.05, 0.1) is 5.56 Å². The fourth-order valence-corrected chi connectivity index (χ4v) is 2.51. The van der Waals surface area contributed by atoms with Crippen LogP contribution in [-0.4, -0.2) is 29.9 Å². The molecule has 1 fully saturated rings. The highest BCUT2D eigenvalue weighted by atomic mass is 79.9. The third kappa shape index (κ3) is 3.68. The number of benzene rings is 1. The second kappa shape index (κ2) is 6.68. The van der Waals surface area contributed by atoms with Crippen LogP contribution < -0.4 is 5.73 Å². The number of nitrogens with zero attached hydrogens (tertiary/aromatic N) is 1. The van der Waals surface area contributed by atoms with Crippen LogP contribution in [0.4, 0.5) is 4.39 Å². The largest absolute Gasteiger partial charge is 0.338 e. The molecule has 2 N–H and O–H groups in total. The molecule has 106 valence electrons. The van der Waals surface area contributed by atoms with Gasteiger partial charge in [0.15, 0.2) is 0 Å². The molecule has 1 saturated heterocycles. The summed E-state index contributed by atoms with van der Waals surface area (Å²) in [4.78, 5) is 13.9. The predicted molar refractivity (Wildman–Crippen MR) is 79.0 cm³/mol. The van der Waals surface area contributed by atoms with Crippen LogP contribution in [0.3, 0.4) is 0 Å². The maximum absolute atomic E-state index is 13.7. The fourth-order valence-electron chi connectivity index (χ4n) is 2.18. The van der Waals surface area contributed by atoms with Crippen molar-refractivity contribution in [2.24, 2.45) is 11.7 Å². The van der Waals surface area contributed by atoms with Gasteiger partial charge >= 0.3 is 0 Å². The summed E-state index contributed by atoms with van der Waals surface area (Å²) in [6.07, 6.45) is 0.769. The van der Waals surface area contributed by atoms with Gasteiger partial charge < -0.3 is 10.6 Å². The van der Waals surface area contributed by atoms with Crippen LogP contribution in [0.2, 0.25) is 0 Å². The Balaban J connectivity index is 0.00000180. The average molecular weight is 352 g/mol. The Kier molecular flexibility index (Phi) is 5.77. The molecular weight excluding hydrogens is 335 g/mol. The first-order chi connectivity index (χ1) is 8.49. The van der Waals surface area contributed by atoms with Gasteiger partial charge in [-0.3, -0.25) is 4.79 Å². The normalized spacial score (nSPS) is 22.8. The van der Waals surface area contributed by atoms with Crippen LogP contribution in [0.25, 0.3) is 0 Å². The second-order valence-electron chi connectivity index (χ2n) is 4.81. The number of hydrogen-bond donors (Lipinski definition) is 1. The molecule has 1 aliphatic heterocycles. The number of likely N-dealkylation sites (tertiary alicyclic amines) is 1. The van der Waals surface area contributed by atoms with E-state index in [1.807, 2.05) is 6.92 Å². The monoisotopic (exact) mass is 350 g/mol. The number of carbonyl (C=O) groups is 1. The molecule has 1 amide bonds. The van der Waals surface area contributed by atoms with Gasteiger partial charge in [-0.05, 0) is 30.5 Å². The van der Waals surface area contributed by atoms with E-state index in [1.54, 1.807) is 11.0 Å². The van der Waals surface area contributed by atoms with E-state index in [-0.39, 0.29) is 35.8 Å². The highest BCUT2D eigenvalue weighted by Gasteiger charge is 2.28. The van der Waals surface area contributed by atoms with Gasteiger partial charge in [-0.25, -0.2) is 4.39 Å². The standard InChI is InChI=1S/C13H16BrFN2O.ClH/c1-8-7-17(5-4-12(8)16)13(18)10-3-2-9(14)6-11(10)15;/h2-3,6,8,12H,4-5,7,16H2,1H3;1H. The van der Waals surface area contributed by atoms with Gasteiger partial charge in [0.1, 0.15) is 5.82 Å². The SMILES string of the molecule is CC1CN(C(=O)c2ccc(Br)cc2F)CCC1N.Cl. The third-order valence-corrected chi connectivity index (χ3v) is 3.91. The summed E-state index contributed by atoms with van der Waals surface area (Å²) in [5.74, 6) is -0.489. The first-order valence-electron chi connectivity index (χ1n) is 5.99. The van der Waals surface area contributed by atoms with E-state index in [0.717, 1.165) is 6.42 Å². The molecule has 1 aromatic carbocycles. The minimum atomic E-state index is -0.489. The van der Waals surface area contributed by atoms with Crippen molar-refractivity contribution >= 4 is 34.2 Å². The molecule has 0 aromatic heterocycles. The van der Waals surface area contributed by atoms with Crippen LogP contribution >= 0.6 is 28.3 Å². The lowest BCUT2D eigenvalue weighted by Gasteiger charge is -2.35. The third-order valence-electron chi connectivity index (χ3n) is 3.42. The molecule has 2 rings (SSSR count). The first-order valence-corrected chi connectivity index (χ1v) is 6.78. The summed E-state index contributed by atoms with van der Waals surface area (Å²) in [5, 5.41) is 0. The van der Waals surface area contributed by atoms with Crippen molar-refractivity contribution < 1.29 is 9.18 Å². The molecule has 1 aliphatic rings. The molecule has 3 nitrogen and oxygen atoms in total. The van der Waals surface area contributed by atoms with E-state index in [2.05, 4.69) is 15.9 Å². The van der Waals surface area contributed by atoms with Crippen LogP contribution in [0.5, 0.6) is 0 Å². The van der Waals surface area contributed by atoms with Crippen molar-refractivity contribution in [3.8, 4) is 0 Å². The van der Waals surface area contributed by atoms with Crippen LogP contribution in [0.1, 0.15) is 23.7 Å². The first kappa shape index (κ1) is 16.4. The van der Waals surface area contributed by atoms with Gasteiger partial charge in [0.25, 0.3) is 5.91 Å². The summed E-state index contributed by atoms with van der Waals surface area (Å²) in [6, 6.07) is 4.63. The van der Waals surface area contributed by atoms with Gasteiger partial charge in [-0.15, -0.1) is 12.4 Å². The Bertz CT molecular complexity index is 472. The van der Waals surface area contributed by atoms with E-state index in [9.17, 15) is 9.18 Å². The predicted octanol–water partition coefficient (Wildman–Crippen LogP) is 2.82. The van der Waals surface area contributed by atoms with Gasteiger partial charge in [0, 0.05) is 23.6 Å². The van der Waals surface area contributed by atoms with Gasteiger partial charge in [0.2, 0.25) is 0 Å². The summed E-state index contributed by atoms with van der Waals surface area (Å²) < 4.78 is 14.4. The van der Waals surface area contributed by atoms with Crippen LogP contribution in [-0.2, 0) is 0 Å². The highest BCUT2D eigenvalue weighted by molar-refractivity contribution is 9.10. The molecule has 0 aliphatic carbocycles. The molecule has 1 heterocycles. The lowest BCUT2D eigenvalue weighted by molar-refractivity contribution is 0.0659. The van der Waals surface area contributed by atoms with Crippen molar-refractivity contribution in [2.75, 3.05) is 13.1 Å². The molecule has 6 heteroatoms. The number of amides is 1. The Morgan fingerprint density at radius 1 is 1.53 bits per heavy atom. The molecule has 0 radical (unpaired) electrons. The van der Waals surface area contributed by atoms with Gasteiger partial charge in [-0.2, -0.15) is 0 Å². The summed E-state index contributed by atoms with van der Waals surface area (Å²) in [6.45, 7) is 3.21. The lowest BCUT2D eigenvalue weighted by Crippen LogP contribution is -2.48. The van der Waals surface area contributed by atoms with Crippen molar-refractivity contribution in [2.45, 2.75) is 19.4 Å². The maximum Gasteiger partial charge on any atom is 0.256 e.